The van der Waals surface area contributed by atoms with Crippen molar-refractivity contribution in [1.82, 2.24) is 5.48 Å². The molecule has 4 rings (SSSR count). The van der Waals surface area contributed by atoms with Gasteiger partial charge in [0.2, 0.25) is 0 Å². The van der Waals surface area contributed by atoms with E-state index < -0.39 is 20.5 Å². The number of carbonyl (C=O) groups is 1. The molecule has 1 fully saturated rings. The summed E-state index contributed by atoms with van der Waals surface area (Å²) in [6.45, 7) is 2.85. The molecule has 0 radical (unpaired) electrons. The van der Waals surface area contributed by atoms with E-state index in [1.165, 1.54) is 38.5 Å². The van der Waals surface area contributed by atoms with Crippen LogP contribution < -0.4 is 10.2 Å². The van der Waals surface area contributed by atoms with Gasteiger partial charge in [-0.05, 0) is 80.1 Å². The number of ether oxygens (including phenoxy) is 2. The number of hydrogen-bond acceptors (Lipinski definition) is 7. The monoisotopic (exact) mass is 515 g/mol. The summed E-state index contributed by atoms with van der Waals surface area (Å²) in [6, 6.07) is 18.9. The van der Waals surface area contributed by atoms with Gasteiger partial charge in [0.05, 0.1) is 11.5 Å². The molecule has 1 saturated heterocycles. The van der Waals surface area contributed by atoms with Crippen LogP contribution in [0.15, 0.2) is 65.6 Å². The van der Waals surface area contributed by atoms with Crippen LogP contribution in [0.25, 0.3) is 10.4 Å². The topological polar surface area (TPSA) is 102 Å². The Morgan fingerprint density at radius 1 is 1.11 bits per heavy atom. The van der Waals surface area contributed by atoms with E-state index in [1.807, 2.05) is 0 Å². The van der Waals surface area contributed by atoms with Gasteiger partial charge >= 0.3 is 0 Å². The first-order valence-corrected chi connectivity index (χ1v) is 13.8. The summed E-state index contributed by atoms with van der Waals surface area (Å²) in [5.41, 5.74) is 3.98. The number of aryl methyl sites for hydroxylation is 2. The number of carbonyl (C=O) groups excluding carboxylic acids is 1. The Bertz CT molecular complexity index is 1260. The molecule has 35 heavy (non-hydrogen) atoms. The zero-order valence-corrected chi connectivity index (χ0v) is 21.2. The summed E-state index contributed by atoms with van der Waals surface area (Å²) in [4.78, 5) is 14.9. The van der Waals surface area contributed by atoms with Gasteiger partial charge in [-0.25, -0.2) is 13.9 Å². The molecule has 0 saturated carbocycles. The van der Waals surface area contributed by atoms with Crippen molar-refractivity contribution in [2.45, 2.75) is 42.2 Å². The third kappa shape index (κ3) is 5.43. The maximum atomic E-state index is 13.3. The molecule has 0 atom stereocenters. The van der Waals surface area contributed by atoms with Crippen LogP contribution in [0.2, 0.25) is 0 Å². The maximum absolute atomic E-state index is 13.3. The zero-order chi connectivity index (χ0) is 24.9. The van der Waals surface area contributed by atoms with Gasteiger partial charge in [-0.15, -0.1) is 11.3 Å². The summed E-state index contributed by atoms with van der Waals surface area (Å²) in [6.07, 6.45) is 1.64. The van der Waals surface area contributed by atoms with E-state index in [0.29, 0.717) is 12.4 Å². The lowest BCUT2D eigenvalue weighted by atomic mass is 9.98. The van der Waals surface area contributed by atoms with Crippen molar-refractivity contribution >= 4 is 27.1 Å². The van der Waals surface area contributed by atoms with Gasteiger partial charge in [0.25, 0.3) is 5.91 Å². The van der Waals surface area contributed by atoms with Crippen LogP contribution in [0.5, 0.6) is 5.75 Å². The van der Waals surface area contributed by atoms with E-state index in [0.717, 1.165) is 12.8 Å². The molecule has 186 valence electrons. The van der Waals surface area contributed by atoms with Gasteiger partial charge < -0.3 is 9.47 Å². The minimum Gasteiger partial charge on any atom is -0.494 e. The van der Waals surface area contributed by atoms with Crippen molar-refractivity contribution in [3.63, 3.8) is 0 Å². The first-order valence-electron chi connectivity index (χ1n) is 11.5. The Kier molecular flexibility index (Phi) is 7.91. The lowest BCUT2D eigenvalue weighted by molar-refractivity contribution is -0.134. The Labute approximate surface area is 209 Å². The molecule has 7 nitrogen and oxygen atoms in total. The Morgan fingerprint density at radius 2 is 1.86 bits per heavy atom. The lowest BCUT2D eigenvalue weighted by Crippen LogP contribution is -2.54. The average molecular weight is 516 g/mol. The van der Waals surface area contributed by atoms with Crippen LogP contribution in [0.1, 0.15) is 29.7 Å². The van der Waals surface area contributed by atoms with Gasteiger partial charge in [-0.1, -0.05) is 24.3 Å². The summed E-state index contributed by atoms with van der Waals surface area (Å²) in [5.74, 6) is -0.376. The molecular weight excluding hydrogens is 486 g/mol. The largest absolute Gasteiger partial charge is 0.494 e. The standard InChI is InChI=1S/C26H29NO6S2/c1-19-7-12-24(34-19)21-6-2-4-20(18-21)5-3-15-33-22-8-10-23(11-9-22)35(30,31)26(25(28)27-29)13-16-32-17-14-26/h2,4,6-12,18,29H,3,5,13-17H2,1H3,(H,27,28). The third-order valence-corrected chi connectivity index (χ3v) is 9.86. The number of rotatable bonds is 9. The van der Waals surface area contributed by atoms with Gasteiger partial charge in [-0.2, -0.15) is 0 Å². The number of sulfone groups is 1. The molecule has 0 unspecified atom stereocenters. The fourth-order valence-corrected chi connectivity index (χ4v) is 7.10. The average Bonchev–Trinajstić information content (AvgIpc) is 3.33. The first kappa shape index (κ1) is 25.4. The molecule has 1 aromatic heterocycles. The molecule has 0 bridgehead atoms. The van der Waals surface area contributed by atoms with Crippen molar-refractivity contribution in [2.24, 2.45) is 0 Å². The minimum absolute atomic E-state index is 0.0102. The van der Waals surface area contributed by atoms with Crippen LogP contribution in [0, 0.1) is 6.92 Å². The SMILES string of the molecule is Cc1ccc(-c2cccc(CCCOc3ccc(S(=O)(=O)C4(C(=O)NO)CCOCC4)cc3)c2)s1. The van der Waals surface area contributed by atoms with Crippen LogP contribution in [-0.2, 0) is 25.8 Å². The van der Waals surface area contributed by atoms with Gasteiger partial charge in [-0.3, -0.25) is 10.0 Å². The van der Waals surface area contributed by atoms with E-state index in [9.17, 15) is 13.2 Å². The molecule has 9 heteroatoms. The summed E-state index contributed by atoms with van der Waals surface area (Å²) < 4.78 is 35.9. The summed E-state index contributed by atoms with van der Waals surface area (Å²) in [5, 5.41) is 9.16. The third-order valence-electron chi connectivity index (χ3n) is 6.29. The Morgan fingerprint density at radius 3 is 2.51 bits per heavy atom. The predicted molar refractivity (Wildman–Crippen MR) is 135 cm³/mol. The number of hydroxylamine groups is 1. The summed E-state index contributed by atoms with van der Waals surface area (Å²) >= 11 is 1.78. The van der Waals surface area contributed by atoms with Gasteiger partial charge in [0.1, 0.15) is 5.75 Å². The van der Waals surface area contributed by atoms with E-state index >= 15 is 0 Å². The number of benzene rings is 2. The van der Waals surface area contributed by atoms with Gasteiger partial charge in [0, 0.05) is 23.0 Å². The fraction of sp³-hybridized carbons (Fsp3) is 0.346. The molecule has 1 amide bonds. The van der Waals surface area contributed by atoms with E-state index in [4.69, 9.17) is 14.7 Å². The highest BCUT2D eigenvalue weighted by Crippen LogP contribution is 2.36. The summed E-state index contributed by atoms with van der Waals surface area (Å²) in [7, 11) is -4.05. The normalized spacial score (nSPS) is 15.5. The highest BCUT2D eigenvalue weighted by atomic mass is 32.2. The second kappa shape index (κ2) is 10.9. The van der Waals surface area contributed by atoms with Crippen molar-refractivity contribution in [3.8, 4) is 16.2 Å². The highest BCUT2D eigenvalue weighted by Gasteiger charge is 2.52. The van der Waals surface area contributed by atoms with Crippen LogP contribution in [-0.4, -0.2) is 44.1 Å². The minimum atomic E-state index is -4.05. The fourth-order valence-electron chi connectivity index (χ4n) is 4.30. The lowest BCUT2D eigenvalue weighted by Gasteiger charge is -2.34. The number of amides is 1. The van der Waals surface area contributed by atoms with E-state index in [2.05, 4.69) is 43.3 Å². The predicted octanol–water partition coefficient (Wildman–Crippen LogP) is 4.56. The quantitative estimate of drug-likeness (QED) is 0.246. The van der Waals surface area contributed by atoms with Crippen molar-refractivity contribution in [2.75, 3.05) is 19.8 Å². The zero-order valence-electron chi connectivity index (χ0n) is 19.5. The molecule has 0 aliphatic carbocycles. The van der Waals surface area contributed by atoms with Crippen molar-refractivity contribution in [1.29, 1.82) is 0 Å². The molecule has 2 N–H and O–H groups in total. The number of nitrogens with one attached hydrogen (secondary N) is 1. The smallest absolute Gasteiger partial charge is 0.265 e. The van der Waals surface area contributed by atoms with Crippen LogP contribution in [0.3, 0.4) is 0 Å². The van der Waals surface area contributed by atoms with Crippen molar-refractivity contribution < 1.29 is 27.9 Å². The number of thiophene rings is 1. The van der Waals surface area contributed by atoms with E-state index in [1.54, 1.807) is 23.5 Å². The Hall–Kier alpha value is -2.72. The van der Waals surface area contributed by atoms with Crippen LogP contribution in [0.4, 0.5) is 0 Å². The molecule has 2 heterocycles. The molecular formula is C26H29NO6S2. The second-order valence-corrected chi connectivity index (χ2v) is 12.1. The molecule has 2 aromatic carbocycles. The van der Waals surface area contributed by atoms with Crippen molar-refractivity contribution in [3.05, 3.63) is 71.1 Å². The molecule has 1 aliphatic heterocycles. The van der Waals surface area contributed by atoms with Crippen LogP contribution >= 0.6 is 11.3 Å². The van der Waals surface area contributed by atoms with E-state index in [-0.39, 0.29) is 31.0 Å². The molecule has 3 aromatic rings. The maximum Gasteiger partial charge on any atom is 0.265 e. The van der Waals surface area contributed by atoms with Gasteiger partial charge in [0.15, 0.2) is 14.6 Å². The second-order valence-electron chi connectivity index (χ2n) is 8.59. The molecule has 0 spiro atoms. The Balaban J connectivity index is 1.35. The first-order chi connectivity index (χ1) is 16.9. The highest BCUT2D eigenvalue weighted by molar-refractivity contribution is 7.93. The molecule has 1 aliphatic rings. The number of hydrogen-bond donors (Lipinski definition) is 2.